The number of ketones is 1. The number of rotatable bonds is 3. The van der Waals surface area contributed by atoms with E-state index in [-0.39, 0.29) is 28.7 Å². The second-order valence-corrected chi connectivity index (χ2v) is 6.68. The highest BCUT2D eigenvalue weighted by molar-refractivity contribution is 5.93. The lowest BCUT2D eigenvalue weighted by Gasteiger charge is -2.16. The van der Waals surface area contributed by atoms with Crippen LogP contribution in [0.15, 0.2) is 23.1 Å². The van der Waals surface area contributed by atoms with Crippen LogP contribution in [0.2, 0.25) is 0 Å². The fourth-order valence-corrected chi connectivity index (χ4v) is 3.59. The molecule has 2 fully saturated rings. The maximum Gasteiger partial charge on any atom is 0.341 e. The second-order valence-electron chi connectivity index (χ2n) is 6.68. The summed E-state index contributed by atoms with van der Waals surface area (Å²) < 4.78 is 16.3. The number of Topliss-reactive ketones (excluding diaryl/α,β-unsaturated/α-hetero) is 1. The average molecular weight is 329 g/mol. The van der Waals surface area contributed by atoms with E-state index in [0.29, 0.717) is 30.3 Å². The van der Waals surface area contributed by atoms with Crippen molar-refractivity contribution in [3.63, 3.8) is 0 Å². The quantitative estimate of drug-likeness (QED) is 0.939. The molecule has 0 saturated heterocycles. The molecule has 1 aromatic heterocycles. The third-order valence-electron chi connectivity index (χ3n) is 5.01. The van der Waals surface area contributed by atoms with Gasteiger partial charge in [0.1, 0.15) is 17.2 Å². The first kappa shape index (κ1) is 15.1. The molecule has 6 heteroatoms. The van der Waals surface area contributed by atoms with E-state index in [1.807, 2.05) is 0 Å². The Kier molecular flexibility index (Phi) is 3.30. The first-order valence-electron chi connectivity index (χ1n) is 8.09. The van der Waals surface area contributed by atoms with Crippen LogP contribution in [-0.4, -0.2) is 21.4 Å². The molecule has 1 unspecified atom stereocenters. The molecule has 2 aromatic rings. The maximum atomic E-state index is 14.6. The van der Waals surface area contributed by atoms with Gasteiger partial charge in [-0.15, -0.1) is 0 Å². The Morgan fingerprint density at radius 1 is 1.21 bits per heavy atom. The van der Waals surface area contributed by atoms with Crippen molar-refractivity contribution in [2.45, 2.75) is 44.1 Å². The molecule has 4 rings (SSSR count). The molecule has 1 aromatic carbocycles. The van der Waals surface area contributed by atoms with Crippen molar-refractivity contribution >= 4 is 22.7 Å². The normalized spacial score (nSPS) is 20.7. The summed E-state index contributed by atoms with van der Waals surface area (Å²) in [4.78, 5) is 35.2. The lowest BCUT2D eigenvalue weighted by atomic mass is 9.95. The van der Waals surface area contributed by atoms with Crippen LogP contribution in [0.3, 0.4) is 0 Å². The number of benzene rings is 1. The summed E-state index contributed by atoms with van der Waals surface area (Å²) in [6.07, 6.45) is 4.57. The molecule has 0 spiro atoms. The first-order valence-corrected chi connectivity index (χ1v) is 8.09. The molecule has 124 valence electrons. The fourth-order valence-electron chi connectivity index (χ4n) is 3.59. The smallest absolute Gasteiger partial charge is 0.341 e. The van der Waals surface area contributed by atoms with E-state index in [1.54, 1.807) is 10.6 Å². The van der Waals surface area contributed by atoms with Gasteiger partial charge in [0.25, 0.3) is 0 Å². The maximum absolute atomic E-state index is 14.6. The van der Waals surface area contributed by atoms with Crippen LogP contribution >= 0.6 is 0 Å². The van der Waals surface area contributed by atoms with Gasteiger partial charge in [-0.05, 0) is 42.9 Å². The molecule has 0 aliphatic heterocycles. The van der Waals surface area contributed by atoms with Gasteiger partial charge in [-0.25, -0.2) is 9.18 Å². The summed E-state index contributed by atoms with van der Waals surface area (Å²) in [5, 5.41) is 9.32. The molecular formula is C18H16FNO4. The van der Waals surface area contributed by atoms with Crippen molar-refractivity contribution in [3.8, 4) is 0 Å². The van der Waals surface area contributed by atoms with Crippen molar-refractivity contribution in [1.29, 1.82) is 0 Å². The summed E-state index contributed by atoms with van der Waals surface area (Å²) in [5.74, 6) is -1.88. The van der Waals surface area contributed by atoms with E-state index in [9.17, 15) is 23.9 Å². The molecule has 24 heavy (non-hydrogen) atoms. The van der Waals surface area contributed by atoms with Crippen molar-refractivity contribution < 1.29 is 19.1 Å². The Hall–Kier alpha value is -2.50. The lowest BCUT2D eigenvalue weighted by molar-refractivity contribution is -0.117. The SMILES string of the molecule is O=C1CCC(c2cc3c(cc2F)c(=O)c(C(=O)O)cn3C2CC2)C1. The predicted octanol–water partition coefficient (Wildman–Crippen LogP) is 3.01. The predicted molar refractivity (Wildman–Crippen MR) is 85.0 cm³/mol. The Morgan fingerprint density at radius 3 is 2.54 bits per heavy atom. The van der Waals surface area contributed by atoms with Gasteiger partial charge in [-0.3, -0.25) is 9.59 Å². The minimum atomic E-state index is -1.30. The molecule has 0 amide bonds. The molecule has 2 saturated carbocycles. The molecule has 1 atom stereocenters. The van der Waals surface area contributed by atoms with Gasteiger partial charge in [-0.2, -0.15) is 0 Å². The Balaban J connectivity index is 1.97. The molecule has 0 bridgehead atoms. The first-order chi connectivity index (χ1) is 11.5. The highest BCUT2D eigenvalue weighted by Gasteiger charge is 2.30. The Morgan fingerprint density at radius 2 is 1.96 bits per heavy atom. The molecule has 1 heterocycles. The number of pyridine rings is 1. The summed E-state index contributed by atoms with van der Waals surface area (Å²) >= 11 is 0. The van der Waals surface area contributed by atoms with E-state index < -0.39 is 17.2 Å². The van der Waals surface area contributed by atoms with Crippen molar-refractivity contribution in [2.24, 2.45) is 0 Å². The van der Waals surface area contributed by atoms with Crippen LogP contribution in [0.4, 0.5) is 4.39 Å². The number of hydrogen-bond acceptors (Lipinski definition) is 3. The highest BCUT2D eigenvalue weighted by atomic mass is 19.1. The molecule has 1 N–H and O–H groups in total. The van der Waals surface area contributed by atoms with Gasteiger partial charge in [-0.1, -0.05) is 0 Å². The fraction of sp³-hybridized carbons (Fsp3) is 0.389. The second kappa shape index (κ2) is 5.26. The van der Waals surface area contributed by atoms with Gasteiger partial charge in [0, 0.05) is 30.5 Å². The minimum Gasteiger partial charge on any atom is -0.477 e. The molecule has 2 aliphatic carbocycles. The van der Waals surface area contributed by atoms with E-state index in [2.05, 4.69) is 0 Å². The summed E-state index contributed by atoms with van der Waals surface area (Å²) in [7, 11) is 0. The number of carboxylic acids is 1. The van der Waals surface area contributed by atoms with Crippen LogP contribution in [0, 0.1) is 5.82 Å². The number of aromatic nitrogens is 1. The van der Waals surface area contributed by atoms with E-state index in [1.165, 1.54) is 6.20 Å². The number of hydrogen-bond donors (Lipinski definition) is 1. The summed E-state index contributed by atoms with van der Waals surface area (Å²) in [6, 6.07) is 2.93. The number of aromatic carboxylic acids is 1. The van der Waals surface area contributed by atoms with Gasteiger partial charge in [0.15, 0.2) is 0 Å². The Labute approximate surface area is 136 Å². The zero-order valence-electron chi connectivity index (χ0n) is 12.9. The highest BCUT2D eigenvalue weighted by Crippen LogP contribution is 2.39. The van der Waals surface area contributed by atoms with E-state index >= 15 is 0 Å². The third-order valence-corrected chi connectivity index (χ3v) is 5.01. The van der Waals surface area contributed by atoms with Gasteiger partial charge in [0.2, 0.25) is 5.43 Å². The lowest BCUT2D eigenvalue weighted by Crippen LogP contribution is -2.19. The number of nitrogens with zero attached hydrogens (tertiary/aromatic N) is 1. The number of fused-ring (bicyclic) bond motifs is 1. The summed E-state index contributed by atoms with van der Waals surface area (Å²) in [6.45, 7) is 0. The number of carbonyl (C=O) groups excluding carboxylic acids is 1. The molecule has 2 aliphatic rings. The standard InChI is InChI=1S/C18H16FNO4/c19-15-6-13-16(7-12(15)9-1-4-11(21)5-9)20(10-2-3-10)8-14(17(13)22)18(23)24/h6-10H,1-5H2,(H,23,24). The summed E-state index contributed by atoms with van der Waals surface area (Å²) in [5.41, 5.74) is 0.00779. The number of carboxylic acid groups (broad SMARTS) is 1. The average Bonchev–Trinajstić information content (AvgIpc) is 3.28. The number of halogens is 1. The monoisotopic (exact) mass is 329 g/mol. The van der Waals surface area contributed by atoms with Crippen molar-refractivity contribution in [1.82, 2.24) is 4.57 Å². The van der Waals surface area contributed by atoms with Crippen molar-refractivity contribution in [2.75, 3.05) is 0 Å². The largest absolute Gasteiger partial charge is 0.477 e. The zero-order valence-corrected chi connectivity index (χ0v) is 12.9. The van der Waals surface area contributed by atoms with Crippen molar-refractivity contribution in [3.05, 3.63) is 45.5 Å². The zero-order chi connectivity index (χ0) is 17.0. The van der Waals surface area contributed by atoms with Gasteiger partial charge >= 0.3 is 5.97 Å². The van der Waals surface area contributed by atoms with Crippen LogP contribution in [0.5, 0.6) is 0 Å². The van der Waals surface area contributed by atoms with Gasteiger partial charge in [0.05, 0.1) is 5.52 Å². The minimum absolute atomic E-state index is 0.0902. The van der Waals surface area contributed by atoms with Crippen LogP contribution in [-0.2, 0) is 4.79 Å². The number of carbonyl (C=O) groups is 2. The van der Waals surface area contributed by atoms with E-state index in [4.69, 9.17) is 0 Å². The molecule has 5 nitrogen and oxygen atoms in total. The molecule has 0 radical (unpaired) electrons. The Bertz CT molecular complexity index is 942. The molecular weight excluding hydrogens is 313 g/mol. The van der Waals surface area contributed by atoms with Crippen LogP contribution < -0.4 is 5.43 Å². The van der Waals surface area contributed by atoms with Crippen LogP contribution in [0.25, 0.3) is 10.9 Å². The van der Waals surface area contributed by atoms with E-state index in [0.717, 1.165) is 18.9 Å². The topological polar surface area (TPSA) is 76.4 Å². The third kappa shape index (κ3) is 2.33. The van der Waals surface area contributed by atoms with Gasteiger partial charge < -0.3 is 9.67 Å². The van der Waals surface area contributed by atoms with Crippen LogP contribution in [0.1, 0.15) is 60.0 Å².